The lowest BCUT2D eigenvalue weighted by atomic mass is 9.83. The first-order chi connectivity index (χ1) is 13.7. The highest BCUT2D eigenvalue weighted by Crippen LogP contribution is 2.42. The molecule has 0 amide bonds. The summed E-state index contributed by atoms with van der Waals surface area (Å²) in [6.07, 6.45) is 5.21. The second-order valence-corrected chi connectivity index (χ2v) is 8.22. The third-order valence-corrected chi connectivity index (χ3v) is 6.40. The van der Waals surface area contributed by atoms with Crippen LogP contribution in [0.25, 0.3) is 21.3 Å². The van der Waals surface area contributed by atoms with Gasteiger partial charge in [-0.1, -0.05) is 18.2 Å². The number of hydrogen-bond donors (Lipinski definition) is 0. The molecule has 0 N–H and O–H groups in total. The summed E-state index contributed by atoms with van der Waals surface area (Å²) < 4.78 is 7.24. The zero-order valence-corrected chi connectivity index (χ0v) is 16.7. The SMILES string of the molecule is COc1c(-c2cnccn2)ccc2c1CN(C)CC2c1ccc2ccsc2c1. The van der Waals surface area contributed by atoms with E-state index in [1.165, 1.54) is 26.8 Å². The largest absolute Gasteiger partial charge is 0.496 e. The first kappa shape index (κ1) is 17.3. The van der Waals surface area contributed by atoms with Crippen molar-refractivity contribution in [3.8, 4) is 17.0 Å². The van der Waals surface area contributed by atoms with Gasteiger partial charge in [0.25, 0.3) is 0 Å². The van der Waals surface area contributed by atoms with Crippen LogP contribution in [0.3, 0.4) is 0 Å². The second-order valence-electron chi connectivity index (χ2n) is 7.27. The molecule has 4 nitrogen and oxygen atoms in total. The maximum absolute atomic E-state index is 5.90. The molecule has 1 aliphatic rings. The van der Waals surface area contributed by atoms with Crippen LogP contribution in [0.1, 0.15) is 22.6 Å². The van der Waals surface area contributed by atoms with Gasteiger partial charge in [0, 0.05) is 47.2 Å². The average molecular weight is 388 g/mol. The van der Waals surface area contributed by atoms with Gasteiger partial charge in [0.1, 0.15) is 5.75 Å². The standard InChI is InChI=1S/C23H21N3OS/c1-26-13-19(16-4-3-15-7-10-28-22(15)11-16)17-5-6-18(21-12-24-8-9-25-21)23(27-2)20(17)14-26/h3-12,19H,13-14H2,1-2H3. The van der Waals surface area contributed by atoms with E-state index in [2.05, 4.69) is 63.7 Å². The quantitative estimate of drug-likeness (QED) is 0.499. The van der Waals surface area contributed by atoms with E-state index in [4.69, 9.17) is 4.74 Å². The Kier molecular flexibility index (Phi) is 4.34. The number of methoxy groups -OCH3 is 1. The van der Waals surface area contributed by atoms with E-state index in [0.29, 0.717) is 5.92 Å². The van der Waals surface area contributed by atoms with Crippen LogP contribution in [-0.4, -0.2) is 35.6 Å². The van der Waals surface area contributed by atoms with Gasteiger partial charge in [-0.25, -0.2) is 0 Å². The number of thiophene rings is 1. The summed E-state index contributed by atoms with van der Waals surface area (Å²) in [7, 11) is 3.92. The fraction of sp³-hybridized carbons (Fsp3) is 0.217. The number of hydrogen-bond acceptors (Lipinski definition) is 5. The fourth-order valence-electron chi connectivity index (χ4n) is 4.22. The van der Waals surface area contributed by atoms with Crippen molar-refractivity contribution in [1.82, 2.24) is 14.9 Å². The Morgan fingerprint density at radius 1 is 1.14 bits per heavy atom. The van der Waals surface area contributed by atoms with E-state index >= 15 is 0 Å². The van der Waals surface area contributed by atoms with Gasteiger partial charge in [-0.15, -0.1) is 11.3 Å². The highest BCUT2D eigenvalue weighted by Gasteiger charge is 2.29. The van der Waals surface area contributed by atoms with E-state index in [1.54, 1.807) is 37.0 Å². The number of ether oxygens (including phenoxy) is 1. The Morgan fingerprint density at radius 3 is 2.89 bits per heavy atom. The molecule has 0 saturated heterocycles. The summed E-state index contributed by atoms with van der Waals surface area (Å²) in [6.45, 7) is 1.86. The molecule has 2 aromatic heterocycles. The number of rotatable bonds is 3. The van der Waals surface area contributed by atoms with Gasteiger partial charge in [-0.2, -0.15) is 0 Å². The average Bonchev–Trinajstić information content (AvgIpc) is 3.20. The van der Waals surface area contributed by atoms with E-state index in [0.717, 1.165) is 30.1 Å². The van der Waals surface area contributed by atoms with E-state index in [9.17, 15) is 0 Å². The summed E-state index contributed by atoms with van der Waals surface area (Å²) in [5, 5.41) is 3.47. The molecular weight excluding hydrogens is 366 g/mol. The highest BCUT2D eigenvalue weighted by atomic mass is 32.1. The molecule has 0 saturated carbocycles. The Labute approximate surface area is 168 Å². The number of aromatic nitrogens is 2. The number of nitrogens with zero attached hydrogens (tertiary/aromatic N) is 3. The maximum atomic E-state index is 5.90. The molecule has 5 rings (SSSR count). The second kappa shape index (κ2) is 7.00. The van der Waals surface area contributed by atoms with Gasteiger partial charge in [0.15, 0.2) is 0 Å². The predicted molar refractivity (Wildman–Crippen MR) is 114 cm³/mol. The lowest BCUT2D eigenvalue weighted by Crippen LogP contribution is -2.31. The molecule has 0 bridgehead atoms. The molecule has 140 valence electrons. The molecule has 0 spiro atoms. The van der Waals surface area contributed by atoms with Crippen LogP contribution in [0.5, 0.6) is 5.75 Å². The van der Waals surface area contributed by atoms with Gasteiger partial charge < -0.3 is 9.64 Å². The van der Waals surface area contributed by atoms with Crippen molar-refractivity contribution >= 4 is 21.4 Å². The third-order valence-electron chi connectivity index (χ3n) is 5.52. The Balaban J connectivity index is 1.66. The molecule has 1 aliphatic heterocycles. The molecule has 28 heavy (non-hydrogen) atoms. The summed E-state index contributed by atoms with van der Waals surface area (Å²) in [4.78, 5) is 11.1. The van der Waals surface area contributed by atoms with Crippen LogP contribution in [0.2, 0.25) is 0 Å². The van der Waals surface area contributed by atoms with Crippen LogP contribution in [0.15, 0.2) is 60.4 Å². The van der Waals surface area contributed by atoms with Crippen LogP contribution >= 0.6 is 11.3 Å². The van der Waals surface area contributed by atoms with Crippen molar-refractivity contribution < 1.29 is 4.74 Å². The first-order valence-electron chi connectivity index (χ1n) is 9.36. The summed E-state index contributed by atoms with van der Waals surface area (Å²) in [6, 6.07) is 13.4. The van der Waals surface area contributed by atoms with E-state index in [1.807, 2.05) is 0 Å². The normalized spacial score (nSPS) is 16.9. The predicted octanol–water partition coefficient (Wildman–Crippen LogP) is 4.94. The Hall–Kier alpha value is -2.76. The van der Waals surface area contributed by atoms with Crippen LogP contribution in [0, 0.1) is 0 Å². The van der Waals surface area contributed by atoms with E-state index in [-0.39, 0.29) is 0 Å². The molecule has 0 fully saturated rings. The molecular formula is C23H21N3OS. The molecule has 2 aromatic carbocycles. The zero-order valence-electron chi connectivity index (χ0n) is 15.9. The van der Waals surface area contributed by atoms with Gasteiger partial charge in [-0.3, -0.25) is 9.97 Å². The lowest BCUT2D eigenvalue weighted by Gasteiger charge is -2.34. The van der Waals surface area contributed by atoms with Gasteiger partial charge in [0.05, 0.1) is 19.0 Å². The molecule has 1 atom stereocenters. The van der Waals surface area contributed by atoms with Crippen LogP contribution in [-0.2, 0) is 6.54 Å². The Bertz CT molecular complexity index is 1140. The van der Waals surface area contributed by atoms with Crippen molar-refractivity contribution in [2.24, 2.45) is 0 Å². The summed E-state index contributed by atoms with van der Waals surface area (Å²) in [5.41, 5.74) is 5.79. The minimum absolute atomic E-state index is 0.324. The van der Waals surface area contributed by atoms with Crippen molar-refractivity contribution in [1.29, 1.82) is 0 Å². The molecule has 5 heteroatoms. The molecule has 1 unspecified atom stereocenters. The first-order valence-corrected chi connectivity index (χ1v) is 10.2. The summed E-state index contributed by atoms with van der Waals surface area (Å²) >= 11 is 1.80. The maximum Gasteiger partial charge on any atom is 0.133 e. The smallest absolute Gasteiger partial charge is 0.133 e. The minimum Gasteiger partial charge on any atom is -0.496 e. The van der Waals surface area contributed by atoms with Gasteiger partial charge in [0.2, 0.25) is 0 Å². The molecule has 3 heterocycles. The van der Waals surface area contributed by atoms with Crippen molar-refractivity contribution in [3.05, 3.63) is 77.1 Å². The number of benzene rings is 2. The zero-order chi connectivity index (χ0) is 19.1. The minimum atomic E-state index is 0.324. The number of likely N-dealkylation sites (N-methyl/N-ethyl adjacent to an activating group) is 1. The van der Waals surface area contributed by atoms with Crippen molar-refractivity contribution in [2.75, 3.05) is 20.7 Å². The highest BCUT2D eigenvalue weighted by molar-refractivity contribution is 7.17. The van der Waals surface area contributed by atoms with Crippen molar-refractivity contribution in [2.45, 2.75) is 12.5 Å². The molecule has 0 radical (unpaired) electrons. The van der Waals surface area contributed by atoms with Gasteiger partial charge in [-0.05, 0) is 47.1 Å². The molecule has 4 aromatic rings. The fourth-order valence-corrected chi connectivity index (χ4v) is 5.06. The van der Waals surface area contributed by atoms with Crippen molar-refractivity contribution in [3.63, 3.8) is 0 Å². The monoisotopic (exact) mass is 387 g/mol. The third kappa shape index (κ3) is 2.87. The van der Waals surface area contributed by atoms with Crippen LogP contribution < -0.4 is 4.74 Å². The lowest BCUT2D eigenvalue weighted by molar-refractivity contribution is 0.286. The topological polar surface area (TPSA) is 38.3 Å². The molecule has 0 aliphatic carbocycles. The summed E-state index contributed by atoms with van der Waals surface area (Å²) in [5.74, 6) is 1.23. The van der Waals surface area contributed by atoms with Crippen LogP contribution in [0.4, 0.5) is 0 Å². The van der Waals surface area contributed by atoms with E-state index < -0.39 is 0 Å². The number of fused-ring (bicyclic) bond motifs is 2. The van der Waals surface area contributed by atoms with Gasteiger partial charge >= 0.3 is 0 Å². The Morgan fingerprint density at radius 2 is 2.07 bits per heavy atom.